The molecule has 0 aromatic heterocycles. The second-order valence-corrected chi connectivity index (χ2v) is 12.8. The van der Waals surface area contributed by atoms with Gasteiger partial charge in [0.1, 0.15) is 6.10 Å². The number of carbonyl (C=O) groups excluding carboxylic acids is 1. The molecule has 1 amide bonds. The maximum Gasteiger partial charge on any atom is 0.222 e. The molecule has 3 aliphatic carbocycles. The van der Waals surface area contributed by atoms with Crippen molar-refractivity contribution in [2.75, 3.05) is 13.7 Å². The lowest BCUT2D eigenvalue weighted by Crippen LogP contribution is -2.61. The number of hydrogen-bond donors (Lipinski definition) is 0. The fourth-order valence-electron chi connectivity index (χ4n) is 9.39. The van der Waals surface area contributed by atoms with Crippen LogP contribution in [0.2, 0.25) is 0 Å². The van der Waals surface area contributed by atoms with Crippen LogP contribution in [0.5, 0.6) is 0 Å². The molecule has 0 bridgehead atoms. The van der Waals surface area contributed by atoms with Gasteiger partial charge in [-0.15, -0.1) is 0 Å². The monoisotopic (exact) mass is 485 g/mol. The number of benzene rings is 2. The molecule has 6 rings (SSSR count). The highest BCUT2D eigenvalue weighted by Crippen LogP contribution is 2.66. The summed E-state index contributed by atoms with van der Waals surface area (Å²) < 4.78 is 6.84. The van der Waals surface area contributed by atoms with Gasteiger partial charge < -0.3 is 9.64 Å². The molecule has 1 aliphatic heterocycles. The Balaban J connectivity index is 1.20. The molecule has 4 fully saturated rings. The molecule has 3 nitrogen and oxygen atoms in total. The summed E-state index contributed by atoms with van der Waals surface area (Å²) in [4.78, 5) is 14.6. The van der Waals surface area contributed by atoms with E-state index in [9.17, 15) is 4.79 Å². The molecule has 0 N–H and O–H groups in total. The Labute approximate surface area is 217 Å². The molecule has 192 valence electrons. The van der Waals surface area contributed by atoms with Crippen molar-refractivity contribution < 1.29 is 9.53 Å². The third-order valence-corrected chi connectivity index (χ3v) is 11.4. The van der Waals surface area contributed by atoms with Gasteiger partial charge in [0.05, 0.1) is 6.61 Å². The molecule has 2 aromatic carbocycles. The largest absolute Gasteiger partial charge is 0.368 e. The van der Waals surface area contributed by atoms with Gasteiger partial charge in [-0.25, -0.2) is 0 Å². The van der Waals surface area contributed by atoms with Crippen molar-refractivity contribution in [2.24, 2.45) is 34.5 Å². The van der Waals surface area contributed by atoms with Crippen molar-refractivity contribution in [3.63, 3.8) is 0 Å². The van der Waals surface area contributed by atoms with Crippen LogP contribution in [0, 0.1) is 34.5 Å². The SMILES string of the molecule is CN1C(=O)CC[C@@]2(C)C1CC[C@@H]1[C@H]2CC[C@]2(C)C(COC(c3ccccc3)c3ccccc3)CC[C@@H]12. The number of carbonyl (C=O) groups is 1. The van der Waals surface area contributed by atoms with Crippen LogP contribution in [0.25, 0.3) is 0 Å². The average Bonchev–Trinajstić information content (AvgIpc) is 3.24. The van der Waals surface area contributed by atoms with E-state index < -0.39 is 0 Å². The minimum atomic E-state index is -0.00366. The van der Waals surface area contributed by atoms with Crippen LogP contribution >= 0.6 is 0 Å². The molecular weight excluding hydrogens is 442 g/mol. The zero-order valence-electron chi connectivity index (χ0n) is 22.4. The zero-order chi connectivity index (χ0) is 24.9. The van der Waals surface area contributed by atoms with Gasteiger partial charge in [0.2, 0.25) is 5.91 Å². The second-order valence-electron chi connectivity index (χ2n) is 12.8. The fraction of sp³-hybridized carbons (Fsp3) is 0.606. The van der Waals surface area contributed by atoms with Gasteiger partial charge in [0.25, 0.3) is 0 Å². The summed E-state index contributed by atoms with van der Waals surface area (Å²) in [6.07, 6.45) is 9.60. The van der Waals surface area contributed by atoms with Gasteiger partial charge in [-0.05, 0) is 90.6 Å². The number of piperidine rings is 1. The predicted molar refractivity (Wildman–Crippen MR) is 144 cm³/mol. The van der Waals surface area contributed by atoms with Gasteiger partial charge in [0.15, 0.2) is 0 Å². The number of nitrogens with zero attached hydrogens (tertiary/aromatic N) is 1. The molecule has 0 spiro atoms. The Kier molecular flexibility index (Phi) is 6.27. The van der Waals surface area contributed by atoms with E-state index >= 15 is 0 Å². The summed E-state index contributed by atoms with van der Waals surface area (Å²) in [5, 5.41) is 0. The summed E-state index contributed by atoms with van der Waals surface area (Å²) in [6.45, 7) is 5.97. The Morgan fingerprint density at radius 3 is 2.14 bits per heavy atom. The lowest BCUT2D eigenvalue weighted by Gasteiger charge is -2.61. The normalized spacial score (nSPS) is 37.9. The summed E-state index contributed by atoms with van der Waals surface area (Å²) in [6, 6.07) is 21.9. The van der Waals surface area contributed by atoms with Crippen LogP contribution in [0.3, 0.4) is 0 Å². The minimum absolute atomic E-state index is 0.00366. The van der Waals surface area contributed by atoms with Crippen molar-refractivity contribution in [1.29, 1.82) is 0 Å². The smallest absolute Gasteiger partial charge is 0.222 e. The number of amides is 1. The number of likely N-dealkylation sites (tertiary alicyclic amines) is 1. The van der Waals surface area contributed by atoms with Gasteiger partial charge in [-0.2, -0.15) is 0 Å². The van der Waals surface area contributed by atoms with Crippen LogP contribution in [-0.2, 0) is 9.53 Å². The third-order valence-electron chi connectivity index (χ3n) is 11.4. The van der Waals surface area contributed by atoms with E-state index in [4.69, 9.17) is 4.74 Å². The van der Waals surface area contributed by atoms with Crippen LogP contribution in [0.1, 0.15) is 82.4 Å². The third kappa shape index (κ3) is 3.85. The Hall–Kier alpha value is -2.13. The zero-order valence-corrected chi connectivity index (χ0v) is 22.4. The molecule has 7 atom stereocenters. The molecule has 1 saturated heterocycles. The first kappa shape index (κ1) is 24.2. The van der Waals surface area contributed by atoms with Gasteiger partial charge in [0, 0.05) is 19.5 Å². The molecule has 0 radical (unpaired) electrons. The fourth-order valence-corrected chi connectivity index (χ4v) is 9.39. The second kappa shape index (κ2) is 9.31. The Bertz CT molecular complexity index is 1030. The first-order valence-electron chi connectivity index (χ1n) is 14.4. The van der Waals surface area contributed by atoms with E-state index in [2.05, 4.69) is 86.5 Å². The Morgan fingerprint density at radius 2 is 1.47 bits per heavy atom. The highest BCUT2D eigenvalue weighted by atomic mass is 16.5. The van der Waals surface area contributed by atoms with Crippen molar-refractivity contribution in [2.45, 2.75) is 77.4 Å². The topological polar surface area (TPSA) is 29.5 Å². The summed E-state index contributed by atoms with van der Waals surface area (Å²) >= 11 is 0. The maximum atomic E-state index is 12.5. The van der Waals surface area contributed by atoms with Crippen molar-refractivity contribution in [3.05, 3.63) is 71.8 Å². The van der Waals surface area contributed by atoms with Crippen LogP contribution in [-0.4, -0.2) is 30.5 Å². The van der Waals surface area contributed by atoms with E-state index in [0.29, 0.717) is 28.7 Å². The van der Waals surface area contributed by atoms with E-state index in [0.717, 1.165) is 37.2 Å². The van der Waals surface area contributed by atoms with E-state index in [1.807, 2.05) is 0 Å². The summed E-state index contributed by atoms with van der Waals surface area (Å²) in [7, 11) is 2.07. The highest BCUT2D eigenvalue weighted by Gasteiger charge is 2.61. The standard InChI is InChI=1S/C33H43NO2/c1-32-20-18-28-26(15-17-29-33(28,2)21-19-30(35)34(29)3)27(32)16-14-25(32)22-36-31(23-10-6-4-7-11-23)24-12-8-5-9-13-24/h4-13,25-29,31H,14-22H2,1-3H3/t25?,26-,27-,28+,29?,32+,33+/m0/s1. The molecular formula is C33H43NO2. The van der Waals surface area contributed by atoms with Crippen molar-refractivity contribution in [1.82, 2.24) is 4.90 Å². The first-order chi connectivity index (χ1) is 17.4. The lowest BCUT2D eigenvalue weighted by atomic mass is 9.47. The average molecular weight is 486 g/mol. The van der Waals surface area contributed by atoms with Gasteiger partial charge in [-0.1, -0.05) is 74.5 Å². The van der Waals surface area contributed by atoms with Gasteiger partial charge in [-0.3, -0.25) is 4.79 Å². The van der Waals surface area contributed by atoms with E-state index in [1.54, 1.807) is 0 Å². The molecule has 2 unspecified atom stereocenters. The number of rotatable bonds is 5. The van der Waals surface area contributed by atoms with Crippen molar-refractivity contribution in [3.8, 4) is 0 Å². The lowest BCUT2D eigenvalue weighted by molar-refractivity contribution is -0.159. The minimum Gasteiger partial charge on any atom is -0.368 e. The van der Waals surface area contributed by atoms with Crippen LogP contribution in [0.15, 0.2) is 60.7 Å². The van der Waals surface area contributed by atoms with Crippen LogP contribution < -0.4 is 0 Å². The van der Waals surface area contributed by atoms with Crippen molar-refractivity contribution >= 4 is 5.91 Å². The van der Waals surface area contributed by atoms with Crippen LogP contribution in [0.4, 0.5) is 0 Å². The molecule has 4 aliphatic rings. The molecule has 2 aromatic rings. The highest BCUT2D eigenvalue weighted by molar-refractivity contribution is 5.77. The van der Waals surface area contributed by atoms with Gasteiger partial charge >= 0.3 is 0 Å². The molecule has 1 heterocycles. The summed E-state index contributed by atoms with van der Waals surface area (Å²) in [5.74, 6) is 3.37. The molecule has 3 saturated carbocycles. The quantitative estimate of drug-likeness (QED) is 0.446. The number of fused-ring (bicyclic) bond motifs is 5. The molecule has 3 heteroatoms. The van der Waals surface area contributed by atoms with E-state index in [1.165, 1.54) is 49.7 Å². The number of hydrogen-bond acceptors (Lipinski definition) is 2. The summed E-state index contributed by atoms with van der Waals surface area (Å²) in [5.41, 5.74) is 3.16. The Morgan fingerprint density at radius 1 is 0.833 bits per heavy atom. The predicted octanol–water partition coefficient (Wildman–Crippen LogP) is 7.27. The van der Waals surface area contributed by atoms with E-state index in [-0.39, 0.29) is 6.10 Å². The maximum absolute atomic E-state index is 12.5. The number of ether oxygens (including phenoxy) is 1. The first-order valence-corrected chi connectivity index (χ1v) is 14.4. The molecule has 36 heavy (non-hydrogen) atoms.